The molecule has 2 rings (SSSR count). The Labute approximate surface area is 96.4 Å². The molecule has 1 unspecified atom stereocenters. The van der Waals surface area contributed by atoms with Crippen molar-refractivity contribution in [3.05, 3.63) is 23.4 Å². The normalized spacial score (nSPS) is 20.1. The van der Waals surface area contributed by atoms with Gasteiger partial charge in [0, 0.05) is 32.0 Å². The number of likely N-dealkylation sites (N-methyl/N-ethyl adjacent to an activating group) is 1. The lowest BCUT2D eigenvalue weighted by Gasteiger charge is -2.26. The summed E-state index contributed by atoms with van der Waals surface area (Å²) in [6.45, 7) is 4.24. The first kappa shape index (κ1) is 11.4. The number of hydrogen-bond acceptors (Lipinski definition) is 4. The quantitative estimate of drug-likeness (QED) is 0.829. The van der Waals surface area contributed by atoms with E-state index in [1.165, 1.54) is 5.56 Å². The van der Waals surface area contributed by atoms with Gasteiger partial charge in [-0.05, 0) is 25.0 Å². The lowest BCUT2D eigenvalue weighted by atomic mass is 10.1. The Kier molecular flexibility index (Phi) is 3.41. The van der Waals surface area contributed by atoms with Crippen LogP contribution in [0.25, 0.3) is 0 Å². The molecule has 0 aliphatic carbocycles. The smallest absolute Gasteiger partial charge is 0.133 e. The zero-order valence-electron chi connectivity index (χ0n) is 9.94. The highest BCUT2D eigenvalue weighted by molar-refractivity contribution is 5.50. The SMILES string of the molecule is Cc1ccnc(N(C)C2CCOC2)c1CN. The minimum atomic E-state index is 0.430. The molecule has 2 N–H and O–H groups in total. The molecule has 0 bridgehead atoms. The molecule has 4 nitrogen and oxygen atoms in total. The lowest BCUT2D eigenvalue weighted by Crippen LogP contribution is -2.33. The van der Waals surface area contributed by atoms with Crippen molar-refractivity contribution < 1.29 is 4.74 Å². The summed E-state index contributed by atoms with van der Waals surface area (Å²) in [6, 6.07) is 2.43. The number of pyridine rings is 1. The van der Waals surface area contributed by atoms with Gasteiger partial charge in [0.05, 0.1) is 12.6 Å². The van der Waals surface area contributed by atoms with Gasteiger partial charge in [0.15, 0.2) is 0 Å². The summed E-state index contributed by atoms with van der Waals surface area (Å²) in [5.41, 5.74) is 8.13. The lowest BCUT2D eigenvalue weighted by molar-refractivity contribution is 0.193. The number of nitrogens with two attached hydrogens (primary N) is 1. The van der Waals surface area contributed by atoms with Crippen LogP contribution in [0.5, 0.6) is 0 Å². The van der Waals surface area contributed by atoms with Gasteiger partial charge >= 0.3 is 0 Å². The Morgan fingerprint density at radius 2 is 2.44 bits per heavy atom. The third kappa shape index (κ3) is 2.03. The number of nitrogens with zero attached hydrogens (tertiary/aromatic N) is 2. The first-order valence-corrected chi connectivity index (χ1v) is 5.69. The van der Waals surface area contributed by atoms with Crippen molar-refractivity contribution in [2.45, 2.75) is 25.9 Å². The second kappa shape index (κ2) is 4.80. The van der Waals surface area contributed by atoms with E-state index in [4.69, 9.17) is 10.5 Å². The third-order valence-corrected chi connectivity index (χ3v) is 3.26. The fourth-order valence-corrected chi connectivity index (χ4v) is 2.13. The number of anilines is 1. The maximum atomic E-state index is 5.79. The minimum absolute atomic E-state index is 0.430. The van der Waals surface area contributed by atoms with Crippen molar-refractivity contribution >= 4 is 5.82 Å². The highest BCUT2D eigenvalue weighted by Crippen LogP contribution is 2.23. The molecule has 0 spiro atoms. The highest BCUT2D eigenvalue weighted by Gasteiger charge is 2.23. The number of hydrogen-bond donors (Lipinski definition) is 1. The Morgan fingerprint density at radius 3 is 3.06 bits per heavy atom. The summed E-state index contributed by atoms with van der Waals surface area (Å²) >= 11 is 0. The molecule has 4 heteroatoms. The standard InChI is InChI=1S/C12H19N3O/c1-9-3-5-14-12(11(9)7-13)15(2)10-4-6-16-8-10/h3,5,10H,4,6-8,13H2,1-2H3. The van der Waals surface area contributed by atoms with Crippen LogP contribution in [0, 0.1) is 6.92 Å². The number of rotatable bonds is 3. The van der Waals surface area contributed by atoms with Crippen LogP contribution in [0.15, 0.2) is 12.3 Å². The average Bonchev–Trinajstić information content (AvgIpc) is 2.81. The number of ether oxygens (including phenoxy) is 1. The zero-order valence-corrected chi connectivity index (χ0v) is 9.94. The molecule has 1 aromatic rings. The van der Waals surface area contributed by atoms with Crippen molar-refractivity contribution in [2.75, 3.05) is 25.2 Å². The van der Waals surface area contributed by atoms with Gasteiger partial charge in [-0.2, -0.15) is 0 Å². The van der Waals surface area contributed by atoms with Crippen LogP contribution in [0.3, 0.4) is 0 Å². The van der Waals surface area contributed by atoms with E-state index in [-0.39, 0.29) is 0 Å². The van der Waals surface area contributed by atoms with E-state index in [0.29, 0.717) is 12.6 Å². The van der Waals surface area contributed by atoms with Gasteiger partial charge in [0.25, 0.3) is 0 Å². The van der Waals surface area contributed by atoms with E-state index < -0.39 is 0 Å². The Hall–Kier alpha value is -1.13. The Morgan fingerprint density at radius 1 is 1.62 bits per heavy atom. The highest BCUT2D eigenvalue weighted by atomic mass is 16.5. The second-order valence-electron chi connectivity index (χ2n) is 4.26. The van der Waals surface area contributed by atoms with Gasteiger partial charge in [-0.25, -0.2) is 4.98 Å². The van der Waals surface area contributed by atoms with Gasteiger partial charge in [0.2, 0.25) is 0 Å². The summed E-state index contributed by atoms with van der Waals surface area (Å²) in [5.74, 6) is 0.998. The van der Waals surface area contributed by atoms with Gasteiger partial charge < -0.3 is 15.4 Å². The maximum absolute atomic E-state index is 5.79. The molecule has 0 saturated carbocycles. The molecule has 88 valence electrons. The average molecular weight is 221 g/mol. The van der Waals surface area contributed by atoms with Crippen molar-refractivity contribution in [2.24, 2.45) is 5.73 Å². The molecule has 16 heavy (non-hydrogen) atoms. The number of aryl methyl sites for hydroxylation is 1. The predicted octanol–water partition coefficient (Wildman–Crippen LogP) is 1.07. The topological polar surface area (TPSA) is 51.4 Å². The van der Waals surface area contributed by atoms with Crippen LogP contribution in [0.2, 0.25) is 0 Å². The monoisotopic (exact) mass is 221 g/mol. The van der Waals surface area contributed by atoms with Crippen LogP contribution in [0.4, 0.5) is 5.82 Å². The van der Waals surface area contributed by atoms with Crippen LogP contribution < -0.4 is 10.6 Å². The molecular formula is C12H19N3O. The van der Waals surface area contributed by atoms with Gasteiger partial charge in [-0.3, -0.25) is 0 Å². The van der Waals surface area contributed by atoms with E-state index >= 15 is 0 Å². The molecule has 1 saturated heterocycles. The summed E-state index contributed by atoms with van der Waals surface area (Å²) in [5, 5.41) is 0. The minimum Gasteiger partial charge on any atom is -0.379 e. The molecule has 2 heterocycles. The molecule has 1 atom stereocenters. The molecule has 1 aliphatic heterocycles. The van der Waals surface area contributed by atoms with Gasteiger partial charge in [-0.15, -0.1) is 0 Å². The van der Waals surface area contributed by atoms with E-state index in [2.05, 4.69) is 23.9 Å². The van der Waals surface area contributed by atoms with Crippen molar-refractivity contribution in [3.63, 3.8) is 0 Å². The van der Waals surface area contributed by atoms with Crippen LogP contribution >= 0.6 is 0 Å². The summed E-state index contributed by atoms with van der Waals surface area (Å²) in [7, 11) is 2.07. The zero-order chi connectivity index (χ0) is 11.5. The summed E-state index contributed by atoms with van der Waals surface area (Å²) < 4.78 is 5.40. The summed E-state index contributed by atoms with van der Waals surface area (Å²) in [6.07, 6.45) is 2.91. The summed E-state index contributed by atoms with van der Waals surface area (Å²) in [4.78, 5) is 6.64. The molecule has 1 fully saturated rings. The largest absolute Gasteiger partial charge is 0.379 e. The van der Waals surface area contributed by atoms with Crippen molar-refractivity contribution in [3.8, 4) is 0 Å². The second-order valence-corrected chi connectivity index (χ2v) is 4.26. The molecule has 0 aromatic carbocycles. The van der Waals surface area contributed by atoms with E-state index in [1.807, 2.05) is 12.3 Å². The van der Waals surface area contributed by atoms with Gasteiger partial charge in [0.1, 0.15) is 5.82 Å². The fraction of sp³-hybridized carbons (Fsp3) is 0.583. The van der Waals surface area contributed by atoms with E-state index in [1.54, 1.807) is 0 Å². The Bertz CT molecular complexity index is 361. The molecule has 0 amide bonds. The van der Waals surface area contributed by atoms with E-state index in [0.717, 1.165) is 31.0 Å². The van der Waals surface area contributed by atoms with Crippen LogP contribution in [-0.2, 0) is 11.3 Å². The van der Waals surface area contributed by atoms with E-state index in [9.17, 15) is 0 Å². The van der Waals surface area contributed by atoms with Crippen LogP contribution in [0.1, 0.15) is 17.5 Å². The van der Waals surface area contributed by atoms with Crippen molar-refractivity contribution in [1.82, 2.24) is 4.98 Å². The molecule has 1 aliphatic rings. The first-order chi connectivity index (χ1) is 7.74. The van der Waals surface area contributed by atoms with Crippen LogP contribution in [-0.4, -0.2) is 31.3 Å². The first-order valence-electron chi connectivity index (χ1n) is 5.69. The number of aromatic nitrogens is 1. The predicted molar refractivity (Wildman–Crippen MR) is 64.5 cm³/mol. The fourth-order valence-electron chi connectivity index (χ4n) is 2.13. The molecular weight excluding hydrogens is 202 g/mol. The van der Waals surface area contributed by atoms with Gasteiger partial charge in [-0.1, -0.05) is 0 Å². The maximum Gasteiger partial charge on any atom is 0.133 e. The molecule has 1 aromatic heterocycles. The Balaban J connectivity index is 2.27. The molecule has 0 radical (unpaired) electrons. The third-order valence-electron chi connectivity index (χ3n) is 3.26. The van der Waals surface area contributed by atoms with Crippen molar-refractivity contribution in [1.29, 1.82) is 0 Å².